The van der Waals surface area contributed by atoms with Gasteiger partial charge in [0.2, 0.25) is 0 Å². The summed E-state index contributed by atoms with van der Waals surface area (Å²) in [6, 6.07) is 7.58. The minimum absolute atomic E-state index is 0.0143. The van der Waals surface area contributed by atoms with Crippen LogP contribution in [0.1, 0.15) is 30.9 Å². The highest BCUT2D eigenvalue weighted by Crippen LogP contribution is 2.30. The third-order valence-electron chi connectivity index (χ3n) is 4.72. The number of Topliss-reactive ketones (excluding diaryl/α,β-unsaturated/α-hetero) is 1. The van der Waals surface area contributed by atoms with Crippen LogP contribution in [0.15, 0.2) is 59.6 Å². The van der Waals surface area contributed by atoms with E-state index < -0.39 is 30.1 Å². The number of alkyl halides is 1. The maximum absolute atomic E-state index is 14.1. The molecule has 28 heavy (non-hydrogen) atoms. The average molecular weight is 388 g/mol. The molecule has 0 bridgehead atoms. The average Bonchev–Trinajstić information content (AvgIpc) is 2.63. The predicted molar refractivity (Wildman–Crippen MR) is 106 cm³/mol. The van der Waals surface area contributed by atoms with Crippen molar-refractivity contribution in [3.8, 4) is 0 Å². The van der Waals surface area contributed by atoms with E-state index in [1.807, 2.05) is 24.3 Å². The van der Waals surface area contributed by atoms with E-state index in [1.165, 1.54) is 25.2 Å². The van der Waals surface area contributed by atoms with Gasteiger partial charge in [-0.1, -0.05) is 30.3 Å². The van der Waals surface area contributed by atoms with E-state index in [-0.39, 0.29) is 29.9 Å². The van der Waals surface area contributed by atoms with Crippen molar-refractivity contribution in [1.29, 1.82) is 0 Å². The molecular formula is C22H26F2N2O2. The molecule has 0 saturated carbocycles. The summed E-state index contributed by atoms with van der Waals surface area (Å²) in [6.07, 6.45) is 2.78. The van der Waals surface area contributed by atoms with Crippen LogP contribution in [0, 0.1) is 5.92 Å². The lowest BCUT2D eigenvalue weighted by Gasteiger charge is -2.22. The summed E-state index contributed by atoms with van der Waals surface area (Å²) >= 11 is 0. The second-order valence-electron chi connectivity index (χ2n) is 7.01. The summed E-state index contributed by atoms with van der Waals surface area (Å²) in [7, 11) is 0. The van der Waals surface area contributed by atoms with Gasteiger partial charge in [-0.25, -0.2) is 8.78 Å². The van der Waals surface area contributed by atoms with E-state index in [0.717, 1.165) is 17.5 Å². The van der Waals surface area contributed by atoms with Gasteiger partial charge < -0.3 is 11.5 Å². The lowest BCUT2D eigenvalue weighted by molar-refractivity contribution is -0.121. The molecule has 2 rings (SSSR count). The largest absolute Gasteiger partial charge is 0.402 e. The fourth-order valence-corrected chi connectivity index (χ4v) is 3.12. The molecule has 4 N–H and O–H groups in total. The van der Waals surface area contributed by atoms with Crippen molar-refractivity contribution in [1.82, 2.24) is 0 Å². The predicted octanol–water partition coefficient (Wildman–Crippen LogP) is 3.26. The molecule has 4 nitrogen and oxygen atoms in total. The quantitative estimate of drug-likeness (QED) is 0.529. The van der Waals surface area contributed by atoms with Gasteiger partial charge in [-0.05, 0) is 49.6 Å². The fourth-order valence-electron chi connectivity index (χ4n) is 3.12. The summed E-state index contributed by atoms with van der Waals surface area (Å²) in [5, 5.41) is 0. The van der Waals surface area contributed by atoms with Gasteiger partial charge in [0.25, 0.3) is 0 Å². The number of carbonyl (C=O) groups is 2. The summed E-state index contributed by atoms with van der Waals surface area (Å²) in [5.74, 6) is -2.24. The highest BCUT2D eigenvalue weighted by molar-refractivity contribution is 6.02. The first kappa shape index (κ1) is 21.7. The maximum atomic E-state index is 14.1. The summed E-state index contributed by atoms with van der Waals surface area (Å²) in [4.78, 5) is 24.9. The Morgan fingerprint density at radius 3 is 2.39 bits per heavy atom. The molecule has 1 aliphatic carbocycles. The maximum Gasteiger partial charge on any atom is 0.170 e. The van der Waals surface area contributed by atoms with Crippen LogP contribution in [0.4, 0.5) is 8.78 Å². The number of ketones is 2. The van der Waals surface area contributed by atoms with E-state index in [1.54, 1.807) is 0 Å². The van der Waals surface area contributed by atoms with Crippen LogP contribution >= 0.6 is 0 Å². The van der Waals surface area contributed by atoms with E-state index in [9.17, 15) is 18.4 Å². The van der Waals surface area contributed by atoms with E-state index in [4.69, 9.17) is 11.5 Å². The van der Waals surface area contributed by atoms with Crippen LogP contribution in [0.2, 0.25) is 0 Å². The molecule has 0 spiro atoms. The van der Waals surface area contributed by atoms with Crippen molar-refractivity contribution in [2.45, 2.75) is 38.8 Å². The van der Waals surface area contributed by atoms with Crippen molar-refractivity contribution < 1.29 is 18.4 Å². The lowest BCUT2D eigenvalue weighted by atomic mass is 9.84. The van der Waals surface area contributed by atoms with Gasteiger partial charge in [0, 0.05) is 24.1 Å². The van der Waals surface area contributed by atoms with Gasteiger partial charge in [-0.2, -0.15) is 0 Å². The zero-order chi connectivity index (χ0) is 20.7. The van der Waals surface area contributed by atoms with Gasteiger partial charge in [-0.3, -0.25) is 9.59 Å². The van der Waals surface area contributed by atoms with Crippen LogP contribution in [0.3, 0.4) is 0 Å². The molecule has 2 atom stereocenters. The van der Waals surface area contributed by atoms with Gasteiger partial charge in [0.1, 0.15) is 6.17 Å². The van der Waals surface area contributed by atoms with E-state index in [2.05, 4.69) is 0 Å². The standard InChI is InChI=1S/C22H26F2N2O2/c1-14(26)19(22(28)20-8-6-17(23)13-21(20)24)9-7-18(27)12-16-4-2-15(3-5-16)10-11-25/h2-7,9,20-21H,8,10-13,25-26H2,1H3/b9-7-,19-14-. The molecule has 0 aromatic heterocycles. The molecule has 2 unspecified atom stereocenters. The Kier molecular flexibility index (Phi) is 7.81. The number of halogens is 2. The smallest absolute Gasteiger partial charge is 0.170 e. The first-order chi connectivity index (χ1) is 13.3. The molecule has 1 aliphatic rings. The van der Waals surface area contributed by atoms with Crippen molar-refractivity contribution in [3.63, 3.8) is 0 Å². The Balaban J connectivity index is 2.05. The first-order valence-electron chi connectivity index (χ1n) is 9.29. The third kappa shape index (κ3) is 5.96. The van der Waals surface area contributed by atoms with Gasteiger partial charge in [-0.15, -0.1) is 0 Å². The van der Waals surface area contributed by atoms with Gasteiger partial charge >= 0.3 is 0 Å². The van der Waals surface area contributed by atoms with Gasteiger partial charge in [0.15, 0.2) is 11.6 Å². The van der Waals surface area contributed by atoms with Crippen LogP contribution in [-0.2, 0) is 22.4 Å². The molecule has 0 fully saturated rings. The minimum atomic E-state index is -1.59. The van der Waals surface area contributed by atoms with Crippen molar-refractivity contribution in [2.75, 3.05) is 6.54 Å². The van der Waals surface area contributed by atoms with Crippen molar-refractivity contribution in [3.05, 3.63) is 70.7 Å². The summed E-state index contributed by atoms with van der Waals surface area (Å²) in [5.41, 5.74) is 13.5. The lowest BCUT2D eigenvalue weighted by Crippen LogP contribution is -2.29. The van der Waals surface area contributed by atoms with Crippen molar-refractivity contribution in [2.24, 2.45) is 17.4 Å². The summed E-state index contributed by atoms with van der Waals surface area (Å²) < 4.78 is 27.3. The first-order valence-corrected chi connectivity index (χ1v) is 9.29. The Labute approximate surface area is 164 Å². The zero-order valence-electron chi connectivity index (χ0n) is 16.0. The molecule has 0 amide bonds. The SMILES string of the molecule is C/C(N)=C(\C=C/C(=O)Cc1ccc(CCN)cc1)C(=O)C1CC=C(F)CC1F. The Hall–Kier alpha value is -2.60. The van der Waals surface area contributed by atoms with Crippen LogP contribution in [0.5, 0.6) is 0 Å². The van der Waals surface area contributed by atoms with Crippen LogP contribution in [0.25, 0.3) is 0 Å². The number of rotatable bonds is 8. The van der Waals surface area contributed by atoms with Gasteiger partial charge in [0.05, 0.1) is 11.7 Å². The molecular weight excluding hydrogens is 362 g/mol. The van der Waals surface area contributed by atoms with E-state index >= 15 is 0 Å². The van der Waals surface area contributed by atoms with Crippen LogP contribution < -0.4 is 11.5 Å². The monoisotopic (exact) mass is 388 g/mol. The Morgan fingerprint density at radius 2 is 1.82 bits per heavy atom. The molecule has 1 aromatic carbocycles. The number of nitrogens with two attached hydrogens (primary N) is 2. The second kappa shape index (κ2) is 10.1. The Bertz CT molecular complexity index is 806. The molecule has 0 aliphatic heterocycles. The van der Waals surface area contributed by atoms with E-state index in [0.29, 0.717) is 6.54 Å². The molecule has 150 valence electrons. The molecule has 1 aromatic rings. The summed E-state index contributed by atoms with van der Waals surface area (Å²) in [6.45, 7) is 2.08. The molecule has 6 heteroatoms. The highest BCUT2D eigenvalue weighted by atomic mass is 19.1. The second-order valence-corrected chi connectivity index (χ2v) is 7.01. The topological polar surface area (TPSA) is 86.2 Å². The number of benzene rings is 1. The third-order valence-corrected chi connectivity index (χ3v) is 4.72. The fraction of sp³-hybridized carbons (Fsp3) is 0.364. The molecule has 0 saturated heterocycles. The molecule has 0 heterocycles. The number of allylic oxidation sites excluding steroid dienone is 6. The number of hydrogen-bond acceptors (Lipinski definition) is 4. The molecule has 0 radical (unpaired) electrons. The van der Waals surface area contributed by atoms with Crippen LogP contribution in [-0.4, -0.2) is 24.3 Å². The zero-order valence-corrected chi connectivity index (χ0v) is 16.0. The number of hydrogen-bond donors (Lipinski definition) is 2. The number of carbonyl (C=O) groups excluding carboxylic acids is 2. The van der Waals surface area contributed by atoms with Crippen molar-refractivity contribution >= 4 is 11.6 Å². The minimum Gasteiger partial charge on any atom is -0.402 e. The highest BCUT2D eigenvalue weighted by Gasteiger charge is 2.33. The normalized spacial score (nSPS) is 20.6. The Morgan fingerprint density at radius 1 is 1.18 bits per heavy atom.